The van der Waals surface area contributed by atoms with Crippen molar-refractivity contribution in [3.63, 3.8) is 0 Å². The molecule has 5 rings (SSSR count). The molecule has 0 saturated heterocycles. The molecule has 1 fully saturated rings. The molecule has 11 heteroatoms. The molecule has 0 bridgehead atoms. The van der Waals surface area contributed by atoms with Crippen molar-refractivity contribution in [3.05, 3.63) is 62.5 Å². The Labute approximate surface area is 210 Å². The molecule has 8 nitrogen and oxygen atoms in total. The maximum absolute atomic E-state index is 14.1. The van der Waals surface area contributed by atoms with Crippen LogP contribution in [0.1, 0.15) is 60.6 Å². The minimum absolute atomic E-state index is 0.0736. The third-order valence-electron chi connectivity index (χ3n) is 7.49. The number of carbonyl (C=O) groups is 1. The van der Waals surface area contributed by atoms with E-state index in [4.69, 9.17) is 0 Å². The molecule has 1 N–H and O–H groups in total. The second kappa shape index (κ2) is 8.95. The number of nitrogens with zero attached hydrogens (tertiary/aromatic N) is 5. The number of carbonyl (C=O) groups excluding carboxylic acids is 1. The van der Waals surface area contributed by atoms with Gasteiger partial charge in [0.1, 0.15) is 22.3 Å². The summed E-state index contributed by atoms with van der Waals surface area (Å²) in [4.78, 5) is 28.4. The van der Waals surface area contributed by atoms with Crippen LogP contribution in [-0.4, -0.2) is 50.0 Å². The van der Waals surface area contributed by atoms with Crippen molar-refractivity contribution in [1.82, 2.24) is 19.8 Å². The first-order chi connectivity index (χ1) is 17.2. The van der Waals surface area contributed by atoms with Gasteiger partial charge in [-0.05, 0) is 50.2 Å². The third-order valence-corrected chi connectivity index (χ3v) is 8.44. The fourth-order valence-corrected chi connectivity index (χ4v) is 6.26. The minimum atomic E-state index is -0.720. The Bertz CT molecular complexity index is 1400. The lowest BCUT2D eigenvalue weighted by atomic mass is 9.80. The first kappa shape index (κ1) is 24.4. The Morgan fingerprint density at radius 1 is 1.19 bits per heavy atom. The largest absolute Gasteiger partial charge is 0.502 e. The summed E-state index contributed by atoms with van der Waals surface area (Å²) < 4.78 is 28.9. The highest BCUT2D eigenvalue weighted by Crippen LogP contribution is 2.42. The Balaban J connectivity index is 1.56. The molecule has 0 atom stereocenters. The van der Waals surface area contributed by atoms with Gasteiger partial charge in [0.25, 0.3) is 5.91 Å². The van der Waals surface area contributed by atoms with E-state index >= 15 is 0 Å². The van der Waals surface area contributed by atoms with Gasteiger partial charge in [-0.3, -0.25) is 19.3 Å². The fourth-order valence-electron chi connectivity index (χ4n) is 5.39. The SMILES string of the molecule is CCN1C(=O)c2c(O)c(=O)c(-c3nnc(Cc4ccc(F)cc4F)s3)cn2N(C)C12CCC(C)CC2. The average Bonchev–Trinajstić information content (AvgIpc) is 3.31. The Kier molecular flexibility index (Phi) is 6.06. The summed E-state index contributed by atoms with van der Waals surface area (Å²) in [5.74, 6) is -1.81. The number of hydrogen-bond acceptors (Lipinski definition) is 7. The van der Waals surface area contributed by atoms with Crippen molar-refractivity contribution in [2.24, 2.45) is 5.92 Å². The molecule has 2 aliphatic rings. The van der Waals surface area contributed by atoms with E-state index in [1.54, 1.807) is 9.58 Å². The molecular formula is C25H27F2N5O3S. The molecule has 190 valence electrons. The van der Waals surface area contributed by atoms with Crippen LogP contribution in [0.25, 0.3) is 10.6 Å². The smallest absolute Gasteiger partial charge is 0.278 e. The van der Waals surface area contributed by atoms with Gasteiger partial charge in [-0.15, -0.1) is 10.2 Å². The normalized spacial score (nSPS) is 21.8. The number of benzene rings is 1. The van der Waals surface area contributed by atoms with E-state index in [1.165, 1.54) is 18.3 Å². The standard InChI is InChI=1S/C25H27F2N5O3S/c1-4-31-24(35)20-22(34)21(33)17(13-32(20)30(3)25(31)9-7-14(2)8-10-25)23-29-28-19(36-23)11-15-5-6-16(26)12-18(15)27/h5-6,12-14,34H,4,7-11H2,1-3H3. The number of amides is 1. The van der Waals surface area contributed by atoms with Crippen LogP contribution in [0.2, 0.25) is 0 Å². The molecule has 1 saturated carbocycles. The third kappa shape index (κ3) is 3.76. The zero-order chi connectivity index (χ0) is 25.8. The van der Waals surface area contributed by atoms with E-state index in [9.17, 15) is 23.5 Å². The van der Waals surface area contributed by atoms with Gasteiger partial charge >= 0.3 is 0 Å². The summed E-state index contributed by atoms with van der Waals surface area (Å²) in [6, 6.07) is 3.32. The summed E-state index contributed by atoms with van der Waals surface area (Å²) in [6.07, 6.45) is 5.08. The second-order valence-corrected chi connectivity index (χ2v) is 10.6. The van der Waals surface area contributed by atoms with E-state index < -0.39 is 28.5 Å². The van der Waals surface area contributed by atoms with Crippen molar-refractivity contribution in [3.8, 4) is 16.3 Å². The molecule has 36 heavy (non-hydrogen) atoms. The summed E-state index contributed by atoms with van der Waals surface area (Å²) in [5.41, 5.74) is -0.999. The number of aromatic hydroxyl groups is 1. The highest BCUT2D eigenvalue weighted by atomic mass is 32.1. The molecule has 3 aromatic rings. The first-order valence-corrected chi connectivity index (χ1v) is 12.8. The zero-order valence-corrected chi connectivity index (χ0v) is 21.1. The van der Waals surface area contributed by atoms with E-state index in [2.05, 4.69) is 17.1 Å². The molecule has 1 aliphatic heterocycles. The van der Waals surface area contributed by atoms with Crippen LogP contribution in [0.15, 0.2) is 29.2 Å². The van der Waals surface area contributed by atoms with Crippen molar-refractivity contribution < 1.29 is 18.7 Å². The summed E-state index contributed by atoms with van der Waals surface area (Å²) in [7, 11) is 1.87. The highest BCUT2D eigenvalue weighted by molar-refractivity contribution is 7.14. The van der Waals surface area contributed by atoms with Crippen LogP contribution in [-0.2, 0) is 6.42 Å². The Hall–Kier alpha value is -3.34. The van der Waals surface area contributed by atoms with Gasteiger partial charge in [-0.1, -0.05) is 24.3 Å². The van der Waals surface area contributed by atoms with Crippen LogP contribution in [0, 0.1) is 17.6 Å². The van der Waals surface area contributed by atoms with Gasteiger partial charge in [0.05, 0.1) is 5.56 Å². The van der Waals surface area contributed by atoms with Gasteiger partial charge < -0.3 is 10.0 Å². The number of hydrogen-bond donors (Lipinski definition) is 1. The topological polar surface area (TPSA) is 91.6 Å². The van der Waals surface area contributed by atoms with Gasteiger partial charge in [0.2, 0.25) is 5.43 Å². The molecule has 2 aromatic heterocycles. The predicted octanol–water partition coefficient (Wildman–Crippen LogP) is 3.89. The monoisotopic (exact) mass is 515 g/mol. The van der Waals surface area contributed by atoms with Crippen molar-refractivity contribution >= 4 is 17.2 Å². The minimum Gasteiger partial charge on any atom is -0.502 e. The maximum Gasteiger partial charge on any atom is 0.278 e. The van der Waals surface area contributed by atoms with Crippen molar-refractivity contribution in [2.45, 2.75) is 51.6 Å². The van der Waals surface area contributed by atoms with Crippen LogP contribution in [0.5, 0.6) is 5.75 Å². The number of pyridine rings is 1. The Morgan fingerprint density at radius 2 is 1.92 bits per heavy atom. The van der Waals surface area contributed by atoms with E-state index in [0.717, 1.165) is 43.1 Å². The quantitative estimate of drug-likeness (QED) is 0.567. The molecular weight excluding hydrogens is 488 g/mol. The van der Waals surface area contributed by atoms with Crippen molar-refractivity contribution in [2.75, 3.05) is 18.6 Å². The van der Waals surface area contributed by atoms with Crippen LogP contribution in [0.4, 0.5) is 8.78 Å². The average molecular weight is 516 g/mol. The van der Waals surface area contributed by atoms with Crippen LogP contribution in [0.3, 0.4) is 0 Å². The molecule has 1 amide bonds. The zero-order valence-electron chi connectivity index (χ0n) is 20.3. The highest BCUT2D eigenvalue weighted by Gasteiger charge is 2.50. The number of fused-ring (bicyclic) bond motifs is 1. The predicted molar refractivity (Wildman–Crippen MR) is 132 cm³/mol. The molecule has 0 unspecified atom stereocenters. The molecule has 1 aromatic carbocycles. The van der Waals surface area contributed by atoms with Crippen LogP contribution >= 0.6 is 11.3 Å². The lowest BCUT2D eigenvalue weighted by molar-refractivity contribution is 0.00864. The van der Waals surface area contributed by atoms with Crippen molar-refractivity contribution in [1.29, 1.82) is 0 Å². The van der Waals surface area contributed by atoms with E-state index in [0.29, 0.717) is 17.5 Å². The molecule has 1 aliphatic carbocycles. The number of rotatable bonds is 4. The van der Waals surface area contributed by atoms with E-state index in [1.807, 2.05) is 19.0 Å². The van der Waals surface area contributed by atoms with Gasteiger partial charge in [-0.25, -0.2) is 8.78 Å². The second-order valence-electron chi connectivity index (χ2n) is 9.57. The molecule has 0 radical (unpaired) electrons. The lowest BCUT2D eigenvalue weighted by Crippen LogP contribution is -2.70. The first-order valence-electron chi connectivity index (χ1n) is 12.0. The summed E-state index contributed by atoms with van der Waals surface area (Å²) in [5, 5.41) is 21.7. The summed E-state index contributed by atoms with van der Waals surface area (Å²) in [6.45, 7) is 4.55. The number of halogens is 2. The van der Waals surface area contributed by atoms with Gasteiger partial charge in [0.15, 0.2) is 16.5 Å². The maximum atomic E-state index is 14.1. The summed E-state index contributed by atoms with van der Waals surface area (Å²) >= 11 is 1.08. The Morgan fingerprint density at radius 3 is 2.58 bits per heavy atom. The van der Waals surface area contributed by atoms with E-state index in [-0.39, 0.29) is 34.2 Å². The van der Waals surface area contributed by atoms with Gasteiger partial charge in [-0.2, -0.15) is 0 Å². The lowest BCUT2D eigenvalue weighted by Gasteiger charge is -2.56. The number of aromatic nitrogens is 3. The molecule has 3 heterocycles. The molecule has 1 spiro atoms. The van der Waals surface area contributed by atoms with Crippen LogP contribution < -0.4 is 10.4 Å². The fraction of sp³-hybridized carbons (Fsp3) is 0.440. The van der Waals surface area contributed by atoms with Gasteiger partial charge in [0, 0.05) is 32.3 Å².